The van der Waals surface area contributed by atoms with Gasteiger partial charge in [-0.1, -0.05) is 18.7 Å². The molecule has 3 aromatic rings. The second kappa shape index (κ2) is 8.06. The van der Waals surface area contributed by atoms with Crippen LogP contribution in [-0.2, 0) is 6.54 Å². The van der Waals surface area contributed by atoms with Crippen molar-refractivity contribution < 1.29 is 18.7 Å². The van der Waals surface area contributed by atoms with Crippen LogP contribution in [0.15, 0.2) is 37.4 Å². The van der Waals surface area contributed by atoms with Crippen molar-refractivity contribution in [2.75, 3.05) is 18.3 Å². The largest absolute Gasteiger partial charge is 0.454 e. The molecule has 0 bridgehead atoms. The number of aromatic amines is 1. The van der Waals surface area contributed by atoms with Crippen molar-refractivity contribution in [2.45, 2.75) is 25.1 Å². The van der Waals surface area contributed by atoms with E-state index in [2.05, 4.69) is 15.2 Å². The Bertz CT molecular complexity index is 1230. The fourth-order valence-electron chi connectivity index (χ4n) is 2.92. The van der Waals surface area contributed by atoms with Crippen LogP contribution in [0.5, 0.6) is 11.5 Å². The highest BCUT2D eigenvalue weighted by Crippen LogP contribution is 2.36. The van der Waals surface area contributed by atoms with Gasteiger partial charge in [0.05, 0.1) is 5.75 Å². The molecule has 0 fully saturated rings. The highest BCUT2D eigenvalue weighted by atomic mass is 32.2. The zero-order valence-electron chi connectivity index (χ0n) is 15.8. The van der Waals surface area contributed by atoms with E-state index in [9.17, 15) is 14.4 Å². The Morgan fingerprint density at radius 3 is 2.87 bits per heavy atom. The van der Waals surface area contributed by atoms with Gasteiger partial charge in [-0.05, 0) is 24.6 Å². The number of Topliss-reactive ketones (excluding diaryl/α,β-unsaturated/α-hetero) is 1. The van der Waals surface area contributed by atoms with Crippen molar-refractivity contribution in [3.8, 4) is 23.0 Å². The first-order chi connectivity index (χ1) is 14.5. The van der Waals surface area contributed by atoms with Crippen molar-refractivity contribution in [1.29, 1.82) is 0 Å². The summed E-state index contributed by atoms with van der Waals surface area (Å²) in [5.41, 5.74) is 4.82. The number of fused-ring (bicyclic) bond motifs is 1. The summed E-state index contributed by atoms with van der Waals surface area (Å²) in [5.74, 6) is 0.587. The summed E-state index contributed by atoms with van der Waals surface area (Å²) in [6.07, 6.45) is 0.614. The Hall–Kier alpha value is -3.54. The molecule has 3 N–H and O–H groups in total. The molecule has 0 amide bonds. The normalized spacial score (nSPS) is 12.3. The van der Waals surface area contributed by atoms with Gasteiger partial charge in [-0.2, -0.15) is 0 Å². The molecule has 2 aromatic heterocycles. The molecule has 3 heterocycles. The predicted octanol–water partition coefficient (Wildman–Crippen LogP) is 1.28. The number of hydrogen-bond donors (Lipinski definition) is 2. The molecule has 0 saturated heterocycles. The zero-order valence-corrected chi connectivity index (χ0v) is 16.7. The Morgan fingerprint density at radius 1 is 1.27 bits per heavy atom. The van der Waals surface area contributed by atoms with Crippen LogP contribution in [0.4, 0.5) is 5.82 Å². The van der Waals surface area contributed by atoms with Crippen LogP contribution in [0.3, 0.4) is 0 Å². The van der Waals surface area contributed by atoms with Crippen LogP contribution in [-0.4, -0.2) is 38.1 Å². The lowest BCUT2D eigenvalue weighted by Gasteiger charge is -2.10. The monoisotopic (exact) mass is 431 g/mol. The van der Waals surface area contributed by atoms with Crippen LogP contribution in [0.1, 0.15) is 23.7 Å². The smallest absolute Gasteiger partial charge is 0.329 e. The summed E-state index contributed by atoms with van der Waals surface area (Å²) >= 11 is 0.964. The number of hydrogen-bond acceptors (Lipinski definition) is 10. The number of carbonyl (C=O) groups excluding carboxylic acids is 1. The van der Waals surface area contributed by atoms with Gasteiger partial charge in [0.25, 0.3) is 10.8 Å². The number of carbonyl (C=O) groups is 1. The van der Waals surface area contributed by atoms with E-state index in [-0.39, 0.29) is 41.6 Å². The fraction of sp³-hybridized carbons (Fsp3) is 0.278. The van der Waals surface area contributed by atoms with Gasteiger partial charge in [0.15, 0.2) is 17.3 Å². The van der Waals surface area contributed by atoms with Crippen LogP contribution in [0.25, 0.3) is 11.5 Å². The summed E-state index contributed by atoms with van der Waals surface area (Å²) in [6.45, 7) is 2.29. The second-order valence-electron chi connectivity index (χ2n) is 6.32. The molecule has 0 spiro atoms. The quantitative estimate of drug-likeness (QED) is 0.413. The number of ether oxygens (including phenoxy) is 2. The summed E-state index contributed by atoms with van der Waals surface area (Å²) in [6, 6.07) is 5.20. The van der Waals surface area contributed by atoms with Crippen LogP contribution >= 0.6 is 11.8 Å². The van der Waals surface area contributed by atoms with Crippen molar-refractivity contribution in [2.24, 2.45) is 0 Å². The van der Waals surface area contributed by atoms with E-state index >= 15 is 0 Å². The number of nitrogens with one attached hydrogen (secondary N) is 1. The van der Waals surface area contributed by atoms with E-state index in [1.54, 1.807) is 18.2 Å². The van der Waals surface area contributed by atoms with Gasteiger partial charge >= 0.3 is 5.69 Å². The average molecular weight is 431 g/mol. The van der Waals surface area contributed by atoms with Gasteiger partial charge < -0.3 is 19.6 Å². The fourth-order valence-corrected chi connectivity index (χ4v) is 3.55. The van der Waals surface area contributed by atoms with E-state index in [1.807, 2.05) is 6.92 Å². The highest BCUT2D eigenvalue weighted by molar-refractivity contribution is 7.99. The molecule has 30 heavy (non-hydrogen) atoms. The zero-order chi connectivity index (χ0) is 21.3. The molecule has 0 unspecified atom stereocenters. The third-order valence-corrected chi connectivity index (χ3v) is 5.14. The number of benzene rings is 1. The molecular formula is C18H17N5O6S. The number of aromatic nitrogens is 4. The molecule has 0 radical (unpaired) electrons. The summed E-state index contributed by atoms with van der Waals surface area (Å²) in [7, 11) is 0. The van der Waals surface area contributed by atoms with Gasteiger partial charge in [-0.3, -0.25) is 19.1 Å². The molecule has 4 rings (SSSR count). The van der Waals surface area contributed by atoms with Crippen molar-refractivity contribution in [3.05, 3.63) is 44.6 Å². The summed E-state index contributed by atoms with van der Waals surface area (Å²) < 4.78 is 17.3. The molecule has 156 valence electrons. The lowest BCUT2D eigenvalue weighted by Crippen LogP contribution is -2.36. The number of nitrogens with zero attached hydrogens (tertiary/aromatic N) is 3. The van der Waals surface area contributed by atoms with E-state index in [0.717, 1.165) is 11.8 Å². The Kier molecular flexibility index (Phi) is 5.31. The number of anilines is 1. The van der Waals surface area contributed by atoms with Crippen LogP contribution in [0.2, 0.25) is 0 Å². The van der Waals surface area contributed by atoms with Crippen molar-refractivity contribution in [1.82, 2.24) is 19.7 Å². The first-order valence-electron chi connectivity index (χ1n) is 9.00. The van der Waals surface area contributed by atoms with Crippen molar-refractivity contribution >= 4 is 23.4 Å². The minimum atomic E-state index is -0.818. The summed E-state index contributed by atoms with van der Waals surface area (Å²) in [4.78, 5) is 38.7. The Labute approximate surface area is 173 Å². The predicted molar refractivity (Wildman–Crippen MR) is 107 cm³/mol. The lowest BCUT2D eigenvalue weighted by atomic mass is 10.2. The van der Waals surface area contributed by atoms with Crippen LogP contribution < -0.4 is 26.5 Å². The van der Waals surface area contributed by atoms with Crippen LogP contribution in [0, 0.1) is 0 Å². The molecule has 12 heteroatoms. The summed E-state index contributed by atoms with van der Waals surface area (Å²) in [5, 5.41) is 8.02. The molecule has 0 atom stereocenters. The third-order valence-electron chi connectivity index (χ3n) is 4.32. The maximum absolute atomic E-state index is 12.6. The number of ketones is 1. The number of rotatable bonds is 7. The number of nitrogen functional groups attached to an aromatic ring is 1. The maximum atomic E-state index is 12.6. The van der Waals surface area contributed by atoms with E-state index in [0.29, 0.717) is 23.5 Å². The molecule has 11 nitrogen and oxygen atoms in total. The van der Waals surface area contributed by atoms with Gasteiger partial charge in [0, 0.05) is 12.1 Å². The lowest BCUT2D eigenvalue weighted by molar-refractivity contribution is 0.102. The maximum Gasteiger partial charge on any atom is 0.329 e. The van der Waals surface area contributed by atoms with Gasteiger partial charge in [-0.15, -0.1) is 10.2 Å². The van der Waals surface area contributed by atoms with Gasteiger partial charge in [0.2, 0.25) is 12.7 Å². The molecule has 1 aromatic carbocycles. The first-order valence-corrected chi connectivity index (χ1v) is 9.98. The Morgan fingerprint density at radius 2 is 2.07 bits per heavy atom. The Balaban J connectivity index is 1.50. The van der Waals surface area contributed by atoms with E-state index in [4.69, 9.17) is 19.6 Å². The number of nitrogens with two attached hydrogens (primary N) is 1. The SMILES string of the molecule is CCCn1c(N)c(C(=O)CSc2nnc(-c3ccc4c(c3)OCO4)o2)c(=O)[nH]c1=O. The second-order valence-corrected chi connectivity index (χ2v) is 7.25. The minimum absolute atomic E-state index is 0.146. The number of H-pyrrole nitrogens is 1. The molecule has 1 aliphatic heterocycles. The minimum Gasteiger partial charge on any atom is -0.454 e. The van der Waals surface area contributed by atoms with Gasteiger partial charge in [-0.25, -0.2) is 4.79 Å². The van der Waals surface area contributed by atoms with E-state index in [1.165, 1.54) is 4.57 Å². The van der Waals surface area contributed by atoms with Crippen molar-refractivity contribution in [3.63, 3.8) is 0 Å². The third kappa shape index (κ3) is 3.68. The average Bonchev–Trinajstić information content (AvgIpc) is 3.38. The van der Waals surface area contributed by atoms with E-state index < -0.39 is 17.0 Å². The topological polar surface area (TPSA) is 155 Å². The number of thioether (sulfide) groups is 1. The molecule has 0 aliphatic carbocycles. The first kappa shape index (κ1) is 19.8. The standard InChI is InChI=1S/C18H17N5O6S/c1-2-5-23-14(19)13(15(25)20-17(23)26)10(24)7-30-18-22-21-16(29-18)9-3-4-11-12(6-9)28-8-27-11/h3-4,6H,2,5,7-8,19H2,1H3,(H,20,25,26). The molecular weight excluding hydrogens is 414 g/mol. The molecule has 1 aliphatic rings. The molecule has 0 saturated carbocycles. The van der Waals surface area contributed by atoms with Gasteiger partial charge in [0.1, 0.15) is 11.4 Å². The highest BCUT2D eigenvalue weighted by Gasteiger charge is 2.21.